The van der Waals surface area contributed by atoms with Crippen LogP contribution in [0.15, 0.2) is 22.2 Å². The number of rotatable bonds is 3. The van der Waals surface area contributed by atoms with E-state index in [1.54, 1.807) is 22.7 Å². The number of thiazole rings is 1. The third-order valence-electron chi connectivity index (χ3n) is 2.94. The van der Waals surface area contributed by atoms with E-state index in [0.29, 0.717) is 6.04 Å². The third kappa shape index (κ3) is 2.19. The lowest BCUT2D eigenvalue weighted by Crippen LogP contribution is -2.23. The van der Waals surface area contributed by atoms with Gasteiger partial charge < -0.3 is 5.32 Å². The molecule has 1 aliphatic heterocycles. The lowest BCUT2D eigenvalue weighted by molar-refractivity contribution is 0.597. The number of hydrogen-bond donors (Lipinski definition) is 1. The maximum atomic E-state index is 4.70. The molecule has 0 radical (unpaired) electrons. The summed E-state index contributed by atoms with van der Waals surface area (Å²) in [6.45, 7) is 1.17. The molecule has 3 rings (SSSR count). The van der Waals surface area contributed by atoms with Gasteiger partial charge in [0.1, 0.15) is 5.01 Å². The Hall–Kier alpha value is -0.710. The van der Waals surface area contributed by atoms with E-state index in [4.69, 9.17) is 4.98 Å². The van der Waals surface area contributed by atoms with Gasteiger partial charge in [-0.1, -0.05) is 0 Å². The van der Waals surface area contributed by atoms with E-state index in [-0.39, 0.29) is 0 Å². The van der Waals surface area contributed by atoms with Crippen molar-refractivity contribution in [1.29, 1.82) is 0 Å². The molecule has 1 N–H and O–H groups in total. The molecule has 2 aromatic heterocycles. The van der Waals surface area contributed by atoms with E-state index in [0.717, 1.165) is 11.4 Å². The van der Waals surface area contributed by atoms with Gasteiger partial charge in [0.05, 0.1) is 5.69 Å². The molecular formula is C12H14N2S2. The first-order valence-corrected chi connectivity index (χ1v) is 7.44. The fourth-order valence-electron chi connectivity index (χ4n) is 2.10. The van der Waals surface area contributed by atoms with Crippen molar-refractivity contribution < 1.29 is 0 Å². The third-order valence-corrected chi connectivity index (χ3v) is 4.56. The zero-order valence-electron chi connectivity index (χ0n) is 8.98. The van der Waals surface area contributed by atoms with Crippen molar-refractivity contribution in [2.75, 3.05) is 6.54 Å². The SMILES string of the molecule is c1cc(-c2nc(CC3CCCN3)cs2)cs1. The van der Waals surface area contributed by atoms with Gasteiger partial charge in [0.2, 0.25) is 0 Å². The van der Waals surface area contributed by atoms with Crippen LogP contribution in [0.3, 0.4) is 0 Å². The minimum Gasteiger partial charge on any atom is -0.314 e. The maximum Gasteiger partial charge on any atom is 0.124 e. The summed E-state index contributed by atoms with van der Waals surface area (Å²) in [5.41, 5.74) is 2.51. The summed E-state index contributed by atoms with van der Waals surface area (Å²) in [4.78, 5) is 4.70. The molecule has 0 aromatic carbocycles. The topological polar surface area (TPSA) is 24.9 Å². The standard InChI is InChI=1S/C12H14N2S2/c1-2-10(13-4-1)6-11-8-16-12(14-11)9-3-5-15-7-9/h3,5,7-8,10,13H,1-2,4,6H2. The highest BCUT2D eigenvalue weighted by Gasteiger charge is 2.16. The molecule has 84 valence electrons. The second kappa shape index (κ2) is 4.65. The summed E-state index contributed by atoms with van der Waals surface area (Å²) in [6.07, 6.45) is 3.69. The molecule has 2 aromatic rings. The zero-order valence-corrected chi connectivity index (χ0v) is 10.6. The van der Waals surface area contributed by atoms with E-state index in [1.165, 1.54) is 30.6 Å². The summed E-state index contributed by atoms with van der Waals surface area (Å²) in [7, 11) is 0. The van der Waals surface area contributed by atoms with E-state index in [1.807, 2.05) is 0 Å². The number of nitrogens with one attached hydrogen (secondary N) is 1. The van der Waals surface area contributed by atoms with Crippen LogP contribution >= 0.6 is 22.7 Å². The quantitative estimate of drug-likeness (QED) is 0.905. The molecule has 1 aliphatic rings. The van der Waals surface area contributed by atoms with Crippen LogP contribution in [0, 0.1) is 0 Å². The Morgan fingerprint density at radius 2 is 2.44 bits per heavy atom. The van der Waals surface area contributed by atoms with Gasteiger partial charge in [-0.3, -0.25) is 0 Å². The number of aromatic nitrogens is 1. The van der Waals surface area contributed by atoms with Gasteiger partial charge in [-0.2, -0.15) is 11.3 Å². The van der Waals surface area contributed by atoms with Gasteiger partial charge in [0, 0.05) is 28.8 Å². The van der Waals surface area contributed by atoms with Crippen LogP contribution < -0.4 is 5.32 Å². The molecule has 0 spiro atoms. The van der Waals surface area contributed by atoms with Crippen LogP contribution in [0.5, 0.6) is 0 Å². The zero-order chi connectivity index (χ0) is 10.8. The van der Waals surface area contributed by atoms with Crippen molar-refractivity contribution in [3.8, 4) is 10.6 Å². The summed E-state index contributed by atoms with van der Waals surface area (Å²) in [5.74, 6) is 0. The van der Waals surface area contributed by atoms with Crippen molar-refractivity contribution in [2.24, 2.45) is 0 Å². The Labute approximate surface area is 103 Å². The van der Waals surface area contributed by atoms with Gasteiger partial charge in [-0.15, -0.1) is 11.3 Å². The Kier molecular flexibility index (Phi) is 3.04. The molecule has 0 aliphatic carbocycles. The molecule has 0 amide bonds. The molecule has 0 bridgehead atoms. The Morgan fingerprint density at radius 1 is 1.44 bits per heavy atom. The summed E-state index contributed by atoms with van der Waals surface area (Å²) < 4.78 is 0. The van der Waals surface area contributed by atoms with E-state index >= 15 is 0 Å². The van der Waals surface area contributed by atoms with Crippen molar-refractivity contribution in [1.82, 2.24) is 10.3 Å². The van der Waals surface area contributed by atoms with Gasteiger partial charge in [-0.05, 0) is 30.8 Å². The second-order valence-corrected chi connectivity index (χ2v) is 5.79. The van der Waals surface area contributed by atoms with Crippen molar-refractivity contribution in [3.05, 3.63) is 27.9 Å². The molecule has 2 nitrogen and oxygen atoms in total. The molecular weight excluding hydrogens is 236 g/mol. The molecule has 0 saturated carbocycles. The highest BCUT2D eigenvalue weighted by atomic mass is 32.1. The number of hydrogen-bond acceptors (Lipinski definition) is 4. The summed E-state index contributed by atoms with van der Waals surface area (Å²) >= 11 is 3.49. The molecule has 3 heterocycles. The predicted molar refractivity (Wildman–Crippen MR) is 70.2 cm³/mol. The summed E-state index contributed by atoms with van der Waals surface area (Å²) in [5, 5.41) is 11.1. The molecule has 16 heavy (non-hydrogen) atoms. The first kappa shape index (κ1) is 10.4. The maximum absolute atomic E-state index is 4.70. The minimum absolute atomic E-state index is 0.650. The number of nitrogens with zero attached hydrogens (tertiary/aromatic N) is 1. The Balaban J connectivity index is 1.72. The summed E-state index contributed by atoms with van der Waals surface area (Å²) in [6, 6.07) is 2.79. The molecule has 1 unspecified atom stereocenters. The average Bonchev–Trinajstić information content (AvgIpc) is 2.99. The first-order chi connectivity index (χ1) is 7.92. The average molecular weight is 250 g/mol. The van der Waals surface area contributed by atoms with Crippen molar-refractivity contribution in [2.45, 2.75) is 25.3 Å². The van der Waals surface area contributed by atoms with Crippen molar-refractivity contribution in [3.63, 3.8) is 0 Å². The fraction of sp³-hybridized carbons (Fsp3) is 0.417. The smallest absolute Gasteiger partial charge is 0.124 e. The second-order valence-electron chi connectivity index (χ2n) is 4.15. The minimum atomic E-state index is 0.650. The highest BCUT2D eigenvalue weighted by Crippen LogP contribution is 2.26. The van der Waals surface area contributed by atoms with Crippen molar-refractivity contribution >= 4 is 22.7 Å². The fourth-order valence-corrected chi connectivity index (χ4v) is 3.65. The van der Waals surface area contributed by atoms with Gasteiger partial charge >= 0.3 is 0 Å². The van der Waals surface area contributed by atoms with Crippen LogP contribution in [0.1, 0.15) is 18.5 Å². The lowest BCUT2D eigenvalue weighted by atomic mass is 10.1. The lowest BCUT2D eigenvalue weighted by Gasteiger charge is -2.06. The van der Waals surface area contributed by atoms with Gasteiger partial charge in [0.25, 0.3) is 0 Å². The van der Waals surface area contributed by atoms with Crippen LogP contribution in [0.2, 0.25) is 0 Å². The molecule has 4 heteroatoms. The van der Waals surface area contributed by atoms with Crippen LogP contribution in [-0.2, 0) is 6.42 Å². The predicted octanol–water partition coefficient (Wildman–Crippen LogP) is 3.17. The Morgan fingerprint density at radius 3 is 3.19 bits per heavy atom. The highest BCUT2D eigenvalue weighted by molar-refractivity contribution is 7.14. The largest absolute Gasteiger partial charge is 0.314 e. The monoisotopic (exact) mass is 250 g/mol. The molecule has 1 fully saturated rings. The van der Waals surface area contributed by atoms with Gasteiger partial charge in [-0.25, -0.2) is 4.98 Å². The Bertz CT molecular complexity index is 441. The van der Waals surface area contributed by atoms with E-state index in [2.05, 4.69) is 27.5 Å². The normalized spacial score (nSPS) is 20.4. The van der Waals surface area contributed by atoms with Gasteiger partial charge in [0.15, 0.2) is 0 Å². The molecule has 1 saturated heterocycles. The van der Waals surface area contributed by atoms with Crippen LogP contribution in [-0.4, -0.2) is 17.6 Å². The van der Waals surface area contributed by atoms with E-state index < -0.39 is 0 Å². The molecule has 1 atom stereocenters. The number of thiophene rings is 1. The first-order valence-electron chi connectivity index (χ1n) is 5.62. The van der Waals surface area contributed by atoms with Crippen LogP contribution in [0.25, 0.3) is 10.6 Å². The van der Waals surface area contributed by atoms with Crippen LogP contribution in [0.4, 0.5) is 0 Å². The van der Waals surface area contributed by atoms with E-state index in [9.17, 15) is 0 Å².